The van der Waals surface area contributed by atoms with Gasteiger partial charge in [-0.05, 0) is 36.4 Å². The van der Waals surface area contributed by atoms with Crippen molar-refractivity contribution in [3.8, 4) is 5.75 Å². The fourth-order valence-electron chi connectivity index (χ4n) is 4.64. The number of fused-ring (bicyclic) bond motifs is 1. The highest BCUT2D eigenvalue weighted by Crippen LogP contribution is 2.47. The summed E-state index contributed by atoms with van der Waals surface area (Å²) in [7, 11) is 1.63. The predicted octanol–water partition coefficient (Wildman–Crippen LogP) is 4.95. The van der Waals surface area contributed by atoms with E-state index in [0.29, 0.717) is 18.8 Å². The van der Waals surface area contributed by atoms with Gasteiger partial charge in [-0.2, -0.15) is 0 Å². The first kappa shape index (κ1) is 20.7. The van der Waals surface area contributed by atoms with Crippen LogP contribution in [-0.2, 0) is 4.79 Å². The Morgan fingerprint density at radius 3 is 2.59 bits per heavy atom. The van der Waals surface area contributed by atoms with Gasteiger partial charge < -0.3 is 15.0 Å². The molecule has 0 bridgehead atoms. The summed E-state index contributed by atoms with van der Waals surface area (Å²) in [5.41, 5.74) is 1.67. The van der Waals surface area contributed by atoms with Crippen molar-refractivity contribution in [2.75, 3.05) is 36.2 Å². The number of ether oxygens (including phenoxy) is 1. The Bertz CT molecular complexity index is 1170. The molecule has 164 valence electrons. The molecule has 3 aromatic carbocycles. The number of likely N-dealkylation sites (tertiary alicyclic amines) is 1. The highest BCUT2D eigenvalue weighted by atomic mass is 32.2. The summed E-state index contributed by atoms with van der Waals surface area (Å²) in [4.78, 5) is 29.3. The quantitative estimate of drug-likeness (QED) is 0.617. The molecule has 3 amide bonds. The Morgan fingerprint density at radius 1 is 1.03 bits per heavy atom. The summed E-state index contributed by atoms with van der Waals surface area (Å²) >= 11 is 1.69. The van der Waals surface area contributed by atoms with Gasteiger partial charge in [-0.25, -0.2) is 4.79 Å². The van der Waals surface area contributed by atoms with Crippen LogP contribution in [0.2, 0.25) is 0 Å². The number of hydrogen-bond donors (Lipinski definition) is 1. The summed E-state index contributed by atoms with van der Waals surface area (Å²) in [6.07, 6.45) is 1.45. The molecule has 1 N–H and O–H groups in total. The van der Waals surface area contributed by atoms with Gasteiger partial charge in [0.05, 0.1) is 23.4 Å². The molecule has 3 aromatic rings. The van der Waals surface area contributed by atoms with E-state index < -0.39 is 0 Å². The minimum atomic E-state index is -0.320. The van der Waals surface area contributed by atoms with Gasteiger partial charge in [0.1, 0.15) is 5.75 Å². The number of amides is 3. The number of nitrogens with zero attached hydrogens (tertiary/aromatic N) is 2. The first-order valence-electron chi connectivity index (χ1n) is 10.7. The summed E-state index contributed by atoms with van der Waals surface area (Å²) < 4.78 is 5.36. The number of nitrogens with one attached hydrogen (secondary N) is 1. The van der Waals surface area contributed by atoms with E-state index in [1.54, 1.807) is 18.9 Å². The third-order valence-electron chi connectivity index (χ3n) is 6.30. The lowest BCUT2D eigenvalue weighted by Gasteiger charge is -2.44. The Hall–Kier alpha value is -3.19. The fourth-order valence-corrected chi connectivity index (χ4v) is 5.97. The van der Waals surface area contributed by atoms with Gasteiger partial charge in [0.2, 0.25) is 5.91 Å². The molecule has 2 aliphatic heterocycles. The third kappa shape index (κ3) is 3.66. The monoisotopic (exact) mass is 447 g/mol. The van der Waals surface area contributed by atoms with Crippen LogP contribution in [0.5, 0.6) is 5.75 Å². The molecule has 32 heavy (non-hydrogen) atoms. The van der Waals surface area contributed by atoms with Crippen molar-refractivity contribution in [1.82, 2.24) is 4.90 Å². The Balaban J connectivity index is 1.31. The maximum absolute atomic E-state index is 13.0. The van der Waals surface area contributed by atoms with Gasteiger partial charge in [-0.1, -0.05) is 42.5 Å². The smallest absolute Gasteiger partial charge is 0.321 e. The predicted molar refractivity (Wildman–Crippen MR) is 129 cm³/mol. The molecular formula is C25H25N3O3S. The van der Waals surface area contributed by atoms with Crippen molar-refractivity contribution >= 4 is 45.8 Å². The number of piperidine rings is 1. The van der Waals surface area contributed by atoms with E-state index >= 15 is 0 Å². The fraction of sp³-hybridized carbons (Fsp3) is 0.280. The molecule has 1 spiro atoms. The van der Waals surface area contributed by atoms with Crippen LogP contribution in [-0.4, -0.2) is 47.7 Å². The number of carbonyl (C=O) groups excluding carboxylic acids is 2. The Kier molecular flexibility index (Phi) is 5.43. The van der Waals surface area contributed by atoms with Crippen LogP contribution in [0.15, 0.2) is 66.7 Å². The first-order valence-corrected chi connectivity index (χ1v) is 11.7. The average Bonchev–Trinajstić information content (AvgIpc) is 3.15. The number of hydrogen-bond acceptors (Lipinski definition) is 4. The van der Waals surface area contributed by atoms with Crippen molar-refractivity contribution in [3.63, 3.8) is 0 Å². The second kappa shape index (κ2) is 8.39. The number of rotatable bonds is 3. The van der Waals surface area contributed by atoms with E-state index in [-0.39, 0.29) is 16.8 Å². The largest absolute Gasteiger partial charge is 0.497 e. The van der Waals surface area contributed by atoms with E-state index in [1.165, 1.54) is 0 Å². The van der Waals surface area contributed by atoms with Crippen molar-refractivity contribution in [2.45, 2.75) is 17.7 Å². The lowest BCUT2D eigenvalue weighted by atomic mass is 10.0. The SMILES string of the molecule is COc1cccc(N2C(=O)CSC23CCN(C(=O)Nc2cccc4ccccc24)CC3)c1. The number of methoxy groups -OCH3 is 1. The molecule has 2 aliphatic rings. The second-order valence-electron chi connectivity index (χ2n) is 8.11. The Morgan fingerprint density at radius 2 is 1.78 bits per heavy atom. The van der Waals surface area contributed by atoms with Crippen LogP contribution in [0.3, 0.4) is 0 Å². The zero-order valence-electron chi connectivity index (χ0n) is 17.9. The van der Waals surface area contributed by atoms with E-state index in [2.05, 4.69) is 5.32 Å². The maximum Gasteiger partial charge on any atom is 0.321 e. The van der Waals surface area contributed by atoms with Crippen LogP contribution in [0.4, 0.5) is 16.2 Å². The van der Waals surface area contributed by atoms with Gasteiger partial charge in [0.15, 0.2) is 0 Å². The van der Waals surface area contributed by atoms with Gasteiger partial charge in [0.25, 0.3) is 0 Å². The molecule has 0 aliphatic carbocycles. The standard InChI is InChI=1S/C25H25N3O3S/c1-31-20-9-5-8-19(16-20)28-23(29)17-32-25(28)12-14-27(15-13-25)24(30)26-22-11-4-7-18-6-2-3-10-21(18)22/h2-11,16H,12-15,17H2,1H3,(H,26,30). The Labute approximate surface area is 191 Å². The summed E-state index contributed by atoms with van der Waals surface area (Å²) in [5.74, 6) is 1.30. The normalized spacial score (nSPS) is 17.7. The van der Waals surface area contributed by atoms with Gasteiger partial charge in [-0.15, -0.1) is 11.8 Å². The van der Waals surface area contributed by atoms with Crippen LogP contribution < -0.4 is 15.0 Å². The molecule has 0 radical (unpaired) electrons. The zero-order valence-corrected chi connectivity index (χ0v) is 18.7. The van der Waals surface area contributed by atoms with Crippen molar-refractivity contribution in [1.29, 1.82) is 0 Å². The molecule has 2 fully saturated rings. The van der Waals surface area contributed by atoms with Gasteiger partial charge in [0, 0.05) is 30.2 Å². The lowest BCUT2D eigenvalue weighted by molar-refractivity contribution is -0.116. The molecule has 5 rings (SSSR count). The molecule has 2 heterocycles. The molecule has 6 nitrogen and oxygen atoms in total. The molecule has 0 aromatic heterocycles. The van der Waals surface area contributed by atoms with Crippen molar-refractivity contribution in [2.24, 2.45) is 0 Å². The minimum Gasteiger partial charge on any atom is -0.497 e. The number of thioether (sulfide) groups is 1. The summed E-state index contributed by atoms with van der Waals surface area (Å²) in [5, 5.41) is 5.20. The average molecular weight is 448 g/mol. The van der Waals surface area contributed by atoms with E-state index in [1.807, 2.05) is 76.5 Å². The van der Waals surface area contributed by atoms with E-state index in [4.69, 9.17) is 4.74 Å². The van der Waals surface area contributed by atoms with E-state index in [0.717, 1.165) is 40.7 Å². The van der Waals surface area contributed by atoms with Crippen LogP contribution >= 0.6 is 11.8 Å². The van der Waals surface area contributed by atoms with E-state index in [9.17, 15) is 9.59 Å². The molecule has 2 saturated heterocycles. The lowest BCUT2D eigenvalue weighted by Crippen LogP contribution is -2.53. The summed E-state index contributed by atoms with van der Waals surface area (Å²) in [6.45, 7) is 1.19. The minimum absolute atomic E-state index is 0.0987. The number of carbonyl (C=O) groups is 2. The molecular weight excluding hydrogens is 422 g/mol. The molecule has 0 unspecified atom stereocenters. The second-order valence-corrected chi connectivity index (χ2v) is 9.45. The zero-order chi connectivity index (χ0) is 22.1. The van der Waals surface area contributed by atoms with Crippen LogP contribution in [0, 0.1) is 0 Å². The molecule has 0 saturated carbocycles. The number of benzene rings is 3. The van der Waals surface area contributed by atoms with Crippen molar-refractivity contribution < 1.29 is 14.3 Å². The maximum atomic E-state index is 13.0. The van der Waals surface area contributed by atoms with Crippen molar-refractivity contribution in [3.05, 3.63) is 66.7 Å². The number of urea groups is 1. The third-order valence-corrected chi connectivity index (χ3v) is 7.82. The van der Waals surface area contributed by atoms with Gasteiger partial charge >= 0.3 is 6.03 Å². The molecule has 0 atom stereocenters. The number of anilines is 2. The topological polar surface area (TPSA) is 61.9 Å². The first-order chi connectivity index (χ1) is 15.6. The highest BCUT2D eigenvalue weighted by Gasteiger charge is 2.49. The highest BCUT2D eigenvalue weighted by molar-refractivity contribution is 8.02. The van der Waals surface area contributed by atoms with Crippen LogP contribution in [0.25, 0.3) is 10.8 Å². The van der Waals surface area contributed by atoms with Gasteiger partial charge in [-0.3, -0.25) is 9.69 Å². The van der Waals surface area contributed by atoms with Crippen LogP contribution in [0.1, 0.15) is 12.8 Å². The summed E-state index contributed by atoms with van der Waals surface area (Å²) in [6, 6.07) is 21.5. The molecule has 7 heteroatoms.